The molecule has 0 aliphatic rings. The first-order valence-corrected chi connectivity index (χ1v) is 6.19. The summed E-state index contributed by atoms with van der Waals surface area (Å²) >= 11 is 5.93. The van der Waals surface area contributed by atoms with Crippen LogP contribution in [0.1, 0.15) is 17.3 Å². The summed E-state index contributed by atoms with van der Waals surface area (Å²) < 4.78 is 0. The van der Waals surface area contributed by atoms with Crippen LogP contribution in [0.3, 0.4) is 0 Å². The third-order valence-corrected chi connectivity index (χ3v) is 2.63. The number of nitrogens with one attached hydrogen (secondary N) is 2. The standard InChI is InChI=1S/C13H13ClN4O/c1-2-16-11-4-3-9(14)7-10(11)13(19)18-12-8-15-5-6-17-12/h3-8,16H,2H2,1H3,(H,17,18,19). The summed E-state index contributed by atoms with van der Waals surface area (Å²) in [6, 6.07) is 5.13. The van der Waals surface area contributed by atoms with Crippen LogP contribution in [0.4, 0.5) is 11.5 Å². The lowest BCUT2D eigenvalue weighted by atomic mass is 10.1. The predicted octanol–water partition coefficient (Wildman–Crippen LogP) is 2.81. The molecule has 2 rings (SSSR count). The zero-order valence-electron chi connectivity index (χ0n) is 10.4. The van der Waals surface area contributed by atoms with Gasteiger partial charge in [-0.25, -0.2) is 4.98 Å². The van der Waals surface area contributed by atoms with E-state index < -0.39 is 0 Å². The van der Waals surface area contributed by atoms with E-state index in [4.69, 9.17) is 11.6 Å². The Morgan fingerprint density at radius 2 is 2.21 bits per heavy atom. The lowest BCUT2D eigenvalue weighted by Gasteiger charge is -2.11. The normalized spacial score (nSPS) is 10.0. The molecule has 0 aliphatic heterocycles. The third-order valence-electron chi connectivity index (χ3n) is 2.40. The molecule has 98 valence electrons. The number of amides is 1. The zero-order valence-corrected chi connectivity index (χ0v) is 11.1. The molecule has 1 aromatic heterocycles. The van der Waals surface area contributed by atoms with Gasteiger partial charge in [0.25, 0.3) is 5.91 Å². The summed E-state index contributed by atoms with van der Waals surface area (Å²) in [4.78, 5) is 20.1. The molecule has 6 heteroatoms. The van der Waals surface area contributed by atoms with Gasteiger partial charge in [0, 0.05) is 29.6 Å². The molecule has 2 N–H and O–H groups in total. The fourth-order valence-corrected chi connectivity index (χ4v) is 1.77. The van der Waals surface area contributed by atoms with Crippen LogP contribution in [0.25, 0.3) is 0 Å². The molecule has 0 aliphatic carbocycles. The second-order valence-corrected chi connectivity index (χ2v) is 4.20. The Kier molecular flexibility index (Phi) is 4.30. The van der Waals surface area contributed by atoms with Crippen LogP contribution < -0.4 is 10.6 Å². The fourth-order valence-electron chi connectivity index (χ4n) is 1.60. The van der Waals surface area contributed by atoms with Crippen molar-refractivity contribution in [3.05, 3.63) is 47.4 Å². The molecule has 0 atom stereocenters. The summed E-state index contributed by atoms with van der Waals surface area (Å²) in [5.74, 6) is 0.119. The molecule has 2 aromatic rings. The topological polar surface area (TPSA) is 66.9 Å². The van der Waals surface area contributed by atoms with Gasteiger partial charge in [-0.15, -0.1) is 0 Å². The SMILES string of the molecule is CCNc1ccc(Cl)cc1C(=O)Nc1cnccn1. The molecule has 0 fully saturated rings. The van der Waals surface area contributed by atoms with Gasteiger partial charge >= 0.3 is 0 Å². The van der Waals surface area contributed by atoms with Gasteiger partial charge in [-0.05, 0) is 25.1 Å². The Labute approximate surface area is 116 Å². The van der Waals surface area contributed by atoms with Gasteiger partial charge in [0.2, 0.25) is 0 Å². The van der Waals surface area contributed by atoms with Gasteiger partial charge in [0.15, 0.2) is 5.82 Å². The Hall–Kier alpha value is -2.14. The number of carbonyl (C=O) groups is 1. The number of hydrogen-bond acceptors (Lipinski definition) is 4. The van der Waals surface area contributed by atoms with Crippen molar-refractivity contribution in [3.63, 3.8) is 0 Å². The van der Waals surface area contributed by atoms with Crippen LogP contribution in [-0.2, 0) is 0 Å². The number of nitrogens with zero attached hydrogens (tertiary/aromatic N) is 2. The molecule has 0 radical (unpaired) electrons. The minimum atomic E-state index is -0.279. The molecule has 0 spiro atoms. The average molecular weight is 277 g/mol. The van der Waals surface area contributed by atoms with Crippen LogP contribution in [0.5, 0.6) is 0 Å². The molecule has 0 saturated heterocycles. The van der Waals surface area contributed by atoms with E-state index in [1.807, 2.05) is 6.92 Å². The first-order valence-electron chi connectivity index (χ1n) is 5.81. The molecular formula is C13H13ClN4O. The summed E-state index contributed by atoms with van der Waals surface area (Å²) in [5, 5.41) is 6.29. The third kappa shape index (κ3) is 3.42. The van der Waals surface area contributed by atoms with E-state index in [0.717, 1.165) is 5.69 Å². The minimum Gasteiger partial charge on any atom is -0.385 e. The highest BCUT2D eigenvalue weighted by molar-refractivity contribution is 6.31. The van der Waals surface area contributed by atoms with Gasteiger partial charge in [-0.1, -0.05) is 11.6 Å². The Balaban J connectivity index is 2.25. The van der Waals surface area contributed by atoms with Gasteiger partial charge in [0.05, 0.1) is 11.8 Å². The maximum atomic E-state index is 12.2. The molecule has 1 aromatic carbocycles. The van der Waals surface area contributed by atoms with E-state index in [2.05, 4.69) is 20.6 Å². The van der Waals surface area contributed by atoms with Crippen molar-refractivity contribution in [2.45, 2.75) is 6.92 Å². The minimum absolute atomic E-state index is 0.279. The quantitative estimate of drug-likeness (QED) is 0.901. The van der Waals surface area contributed by atoms with Crippen molar-refractivity contribution in [3.8, 4) is 0 Å². The monoisotopic (exact) mass is 276 g/mol. The first kappa shape index (κ1) is 13.3. The van der Waals surface area contributed by atoms with Gasteiger partial charge < -0.3 is 10.6 Å². The molecule has 5 nitrogen and oxygen atoms in total. The molecule has 1 amide bonds. The summed E-state index contributed by atoms with van der Waals surface area (Å²) in [7, 11) is 0. The first-order chi connectivity index (χ1) is 9.20. The summed E-state index contributed by atoms with van der Waals surface area (Å²) in [5.41, 5.74) is 1.20. The van der Waals surface area contributed by atoms with E-state index >= 15 is 0 Å². The van der Waals surface area contributed by atoms with Crippen LogP contribution in [0.2, 0.25) is 5.02 Å². The van der Waals surface area contributed by atoms with E-state index in [9.17, 15) is 4.79 Å². The lowest BCUT2D eigenvalue weighted by Crippen LogP contribution is -2.15. The Morgan fingerprint density at radius 3 is 2.89 bits per heavy atom. The Bertz CT molecular complexity index is 574. The smallest absolute Gasteiger partial charge is 0.259 e. The van der Waals surface area contributed by atoms with Crippen LogP contribution in [0, 0.1) is 0 Å². The molecule has 0 unspecified atom stereocenters. The number of halogens is 1. The van der Waals surface area contributed by atoms with Gasteiger partial charge in [-0.2, -0.15) is 0 Å². The molecule has 1 heterocycles. The number of rotatable bonds is 4. The number of carbonyl (C=O) groups excluding carboxylic acids is 1. The van der Waals surface area contributed by atoms with E-state index in [-0.39, 0.29) is 5.91 Å². The van der Waals surface area contributed by atoms with Crippen molar-refractivity contribution in [1.29, 1.82) is 0 Å². The number of benzene rings is 1. The van der Waals surface area contributed by atoms with Gasteiger partial charge in [0.1, 0.15) is 0 Å². The molecule has 0 saturated carbocycles. The number of aromatic nitrogens is 2. The van der Waals surface area contributed by atoms with Gasteiger partial charge in [-0.3, -0.25) is 9.78 Å². The molecule has 19 heavy (non-hydrogen) atoms. The lowest BCUT2D eigenvalue weighted by molar-refractivity contribution is 0.102. The van der Waals surface area contributed by atoms with Crippen molar-refractivity contribution < 1.29 is 4.79 Å². The van der Waals surface area contributed by atoms with Crippen molar-refractivity contribution in [2.75, 3.05) is 17.2 Å². The molecule has 0 bridgehead atoms. The van der Waals surface area contributed by atoms with E-state index in [1.54, 1.807) is 24.4 Å². The predicted molar refractivity (Wildman–Crippen MR) is 75.6 cm³/mol. The zero-order chi connectivity index (χ0) is 13.7. The van der Waals surface area contributed by atoms with E-state index in [1.165, 1.54) is 12.4 Å². The highest BCUT2D eigenvalue weighted by Gasteiger charge is 2.12. The highest BCUT2D eigenvalue weighted by Crippen LogP contribution is 2.21. The fraction of sp³-hybridized carbons (Fsp3) is 0.154. The highest BCUT2D eigenvalue weighted by atomic mass is 35.5. The average Bonchev–Trinajstić information content (AvgIpc) is 2.42. The number of anilines is 2. The maximum absolute atomic E-state index is 12.2. The molecular weight excluding hydrogens is 264 g/mol. The second-order valence-electron chi connectivity index (χ2n) is 3.77. The van der Waals surface area contributed by atoms with Crippen molar-refractivity contribution in [1.82, 2.24) is 9.97 Å². The number of hydrogen-bond donors (Lipinski definition) is 2. The second kappa shape index (κ2) is 6.15. The van der Waals surface area contributed by atoms with Crippen LogP contribution in [-0.4, -0.2) is 22.4 Å². The Morgan fingerprint density at radius 1 is 1.37 bits per heavy atom. The summed E-state index contributed by atoms with van der Waals surface area (Å²) in [6.07, 6.45) is 4.53. The van der Waals surface area contributed by atoms with E-state index in [0.29, 0.717) is 22.9 Å². The maximum Gasteiger partial charge on any atom is 0.259 e. The van der Waals surface area contributed by atoms with Crippen LogP contribution in [0.15, 0.2) is 36.8 Å². The van der Waals surface area contributed by atoms with Crippen molar-refractivity contribution in [2.24, 2.45) is 0 Å². The van der Waals surface area contributed by atoms with Crippen molar-refractivity contribution >= 4 is 29.0 Å². The largest absolute Gasteiger partial charge is 0.385 e. The van der Waals surface area contributed by atoms with Crippen LogP contribution >= 0.6 is 11.6 Å². The summed E-state index contributed by atoms with van der Waals surface area (Å²) in [6.45, 7) is 2.67.